The van der Waals surface area contributed by atoms with Crippen molar-refractivity contribution in [3.63, 3.8) is 0 Å². The monoisotopic (exact) mass is 207 g/mol. The van der Waals surface area contributed by atoms with Gasteiger partial charge in [-0.2, -0.15) is 0 Å². The molecule has 1 aromatic carbocycles. The normalized spacial score (nSPS) is 22.6. The van der Waals surface area contributed by atoms with Crippen LogP contribution in [0.4, 0.5) is 0 Å². The van der Waals surface area contributed by atoms with E-state index in [9.17, 15) is 0 Å². The van der Waals surface area contributed by atoms with Gasteiger partial charge in [0.1, 0.15) is 0 Å². The minimum atomic E-state index is 0.487. The van der Waals surface area contributed by atoms with Crippen molar-refractivity contribution in [1.82, 2.24) is 0 Å². The predicted molar refractivity (Wildman–Crippen MR) is 66.7 cm³/mol. The van der Waals surface area contributed by atoms with Crippen LogP contribution in [0.5, 0.6) is 0 Å². The zero-order valence-electron chi connectivity index (χ0n) is 9.11. The average Bonchev–Trinajstić information content (AvgIpc) is 3.09. The van der Waals surface area contributed by atoms with Gasteiger partial charge in [0.25, 0.3) is 0 Å². The van der Waals surface area contributed by atoms with E-state index in [0.29, 0.717) is 5.41 Å². The molecule has 1 heteroatoms. The highest BCUT2D eigenvalue weighted by molar-refractivity contribution is 5.95. The highest BCUT2D eigenvalue weighted by atomic mass is 14.7. The molecule has 1 nitrogen and oxygen atoms in total. The van der Waals surface area contributed by atoms with Crippen molar-refractivity contribution < 1.29 is 0 Å². The van der Waals surface area contributed by atoms with Crippen molar-refractivity contribution >= 4 is 11.8 Å². The molecule has 0 aromatic heterocycles. The summed E-state index contributed by atoms with van der Waals surface area (Å²) < 4.78 is 0. The molecular weight excluding hydrogens is 194 g/mol. The van der Waals surface area contributed by atoms with Gasteiger partial charge in [-0.3, -0.25) is 4.99 Å². The summed E-state index contributed by atoms with van der Waals surface area (Å²) in [7, 11) is 0. The lowest BCUT2D eigenvalue weighted by molar-refractivity contribution is 0.696. The molecule has 0 unspecified atom stereocenters. The van der Waals surface area contributed by atoms with Crippen molar-refractivity contribution in [2.45, 2.75) is 24.7 Å². The van der Waals surface area contributed by atoms with Gasteiger partial charge in [-0.05, 0) is 47.5 Å². The maximum Gasteiger partial charge on any atom is 0.0346 e. The Bertz CT molecular complexity index is 557. The molecule has 1 heterocycles. The van der Waals surface area contributed by atoms with Crippen LogP contribution in [0.3, 0.4) is 0 Å². The molecule has 4 rings (SSSR count). The lowest BCUT2D eigenvalue weighted by Crippen LogP contribution is -2.14. The molecule has 1 aromatic rings. The Labute approximate surface area is 95.2 Å². The number of benzene rings is 1. The van der Waals surface area contributed by atoms with Crippen LogP contribution in [0.2, 0.25) is 0 Å². The van der Waals surface area contributed by atoms with Crippen molar-refractivity contribution in [3.8, 4) is 0 Å². The minimum Gasteiger partial charge on any atom is -0.264 e. The first-order chi connectivity index (χ1) is 7.89. The Balaban J connectivity index is 2.08. The summed E-state index contributed by atoms with van der Waals surface area (Å²) in [5, 5.41) is 0. The number of nitrogens with zero attached hydrogens (tertiary/aromatic N) is 1. The Hall–Kier alpha value is -1.63. The number of rotatable bonds is 0. The summed E-state index contributed by atoms with van der Waals surface area (Å²) in [6.07, 6.45) is 12.3. The van der Waals surface area contributed by atoms with E-state index in [1.165, 1.54) is 36.0 Å². The minimum absolute atomic E-state index is 0.487. The largest absolute Gasteiger partial charge is 0.264 e. The molecule has 0 radical (unpaired) electrons. The van der Waals surface area contributed by atoms with Gasteiger partial charge < -0.3 is 0 Å². The van der Waals surface area contributed by atoms with Gasteiger partial charge in [-0.25, -0.2) is 0 Å². The van der Waals surface area contributed by atoms with Gasteiger partial charge in [0, 0.05) is 18.0 Å². The van der Waals surface area contributed by atoms with Gasteiger partial charge >= 0.3 is 0 Å². The first-order valence-electron chi connectivity index (χ1n) is 5.93. The Morgan fingerprint density at radius 3 is 3.00 bits per heavy atom. The molecule has 0 saturated heterocycles. The molecule has 1 fully saturated rings. The van der Waals surface area contributed by atoms with E-state index in [-0.39, 0.29) is 0 Å². The molecule has 16 heavy (non-hydrogen) atoms. The first kappa shape index (κ1) is 8.51. The third-order valence-electron chi connectivity index (χ3n) is 4.08. The van der Waals surface area contributed by atoms with Gasteiger partial charge in [0.2, 0.25) is 0 Å². The van der Waals surface area contributed by atoms with E-state index in [2.05, 4.69) is 35.3 Å². The summed E-state index contributed by atoms with van der Waals surface area (Å²) in [6.45, 7) is 0. The van der Waals surface area contributed by atoms with E-state index < -0.39 is 0 Å². The maximum absolute atomic E-state index is 4.30. The van der Waals surface area contributed by atoms with Crippen molar-refractivity contribution in [1.29, 1.82) is 0 Å². The summed E-state index contributed by atoms with van der Waals surface area (Å²) in [4.78, 5) is 4.30. The highest BCUT2D eigenvalue weighted by Gasteiger charge is 2.46. The molecular formula is C15H13N. The third-order valence-corrected chi connectivity index (χ3v) is 4.08. The summed E-state index contributed by atoms with van der Waals surface area (Å²) in [6, 6.07) is 6.66. The zero-order valence-corrected chi connectivity index (χ0v) is 9.11. The maximum atomic E-state index is 4.30. The lowest BCUT2D eigenvalue weighted by atomic mass is 9.79. The van der Waals surface area contributed by atoms with Crippen LogP contribution in [0.1, 0.15) is 36.0 Å². The summed E-state index contributed by atoms with van der Waals surface area (Å²) in [5.74, 6) is 0. The molecule has 1 spiro atoms. The molecule has 78 valence electrons. The summed E-state index contributed by atoms with van der Waals surface area (Å²) >= 11 is 0. The van der Waals surface area contributed by atoms with Crippen LogP contribution in [0.15, 0.2) is 41.5 Å². The van der Waals surface area contributed by atoms with E-state index in [1.54, 1.807) is 5.56 Å². The van der Waals surface area contributed by atoms with Gasteiger partial charge in [-0.1, -0.05) is 24.3 Å². The Morgan fingerprint density at radius 2 is 2.12 bits per heavy atom. The predicted octanol–water partition coefficient (Wildman–Crippen LogP) is 3.45. The Morgan fingerprint density at radius 1 is 1.19 bits per heavy atom. The lowest BCUT2D eigenvalue weighted by Gasteiger charge is -2.25. The van der Waals surface area contributed by atoms with Crippen LogP contribution in [0.25, 0.3) is 5.57 Å². The van der Waals surface area contributed by atoms with Crippen molar-refractivity contribution in [2.75, 3.05) is 0 Å². The van der Waals surface area contributed by atoms with Crippen LogP contribution in [0, 0.1) is 0 Å². The molecule has 1 saturated carbocycles. The number of allylic oxidation sites excluding steroid dienone is 3. The zero-order chi connectivity index (χ0) is 10.6. The van der Waals surface area contributed by atoms with E-state index in [0.717, 1.165) is 0 Å². The van der Waals surface area contributed by atoms with Crippen LogP contribution < -0.4 is 0 Å². The second kappa shape index (κ2) is 2.73. The second-order valence-electron chi connectivity index (χ2n) is 5.01. The summed E-state index contributed by atoms with van der Waals surface area (Å²) in [5.41, 5.74) is 6.12. The van der Waals surface area contributed by atoms with Crippen LogP contribution >= 0.6 is 0 Å². The highest BCUT2D eigenvalue weighted by Crippen LogP contribution is 2.56. The van der Waals surface area contributed by atoms with E-state index in [4.69, 9.17) is 0 Å². The smallest absolute Gasteiger partial charge is 0.0346 e. The fourth-order valence-corrected chi connectivity index (χ4v) is 2.98. The SMILES string of the molecule is C1=CC2=CCC3(CC3)c3cccc(c32)C=N1. The van der Waals surface area contributed by atoms with Crippen molar-refractivity contribution in [2.24, 2.45) is 4.99 Å². The quantitative estimate of drug-likeness (QED) is 0.618. The van der Waals surface area contributed by atoms with E-state index >= 15 is 0 Å². The molecule has 1 aliphatic heterocycles. The topological polar surface area (TPSA) is 12.4 Å². The fraction of sp³-hybridized carbons (Fsp3) is 0.267. The van der Waals surface area contributed by atoms with Gasteiger partial charge in [-0.15, -0.1) is 0 Å². The van der Waals surface area contributed by atoms with Crippen LogP contribution in [-0.4, -0.2) is 6.21 Å². The number of fused-ring (bicyclic) bond motifs is 1. The molecule has 3 aliphatic rings. The first-order valence-corrected chi connectivity index (χ1v) is 5.93. The van der Waals surface area contributed by atoms with Gasteiger partial charge in [0.05, 0.1) is 0 Å². The Kier molecular flexibility index (Phi) is 1.45. The molecule has 0 atom stereocenters. The number of aliphatic imine (C=N–C) groups is 1. The average molecular weight is 207 g/mol. The third kappa shape index (κ3) is 0.981. The van der Waals surface area contributed by atoms with Gasteiger partial charge in [0.15, 0.2) is 0 Å². The van der Waals surface area contributed by atoms with Crippen LogP contribution in [-0.2, 0) is 5.41 Å². The molecule has 0 amide bonds. The second-order valence-corrected chi connectivity index (χ2v) is 5.01. The van der Waals surface area contributed by atoms with Crippen molar-refractivity contribution in [3.05, 3.63) is 53.2 Å². The molecule has 2 aliphatic carbocycles. The number of hydrogen-bond donors (Lipinski definition) is 0. The standard InChI is InChI=1S/C15H13N/c1-2-12-10-16-9-5-11-4-6-15(7-8-15)13(3-1)14(11)12/h1-5,9-10H,6-8H2. The number of hydrogen-bond acceptors (Lipinski definition) is 1. The molecule has 0 N–H and O–H groups in total. The van der Waals surface area contributed by atoms with E-state index in [1.807, 2.05) is 12.4 Å². The molecule has 0 bridgehead atoms. The fourth-order valence-electron chi connectivity index (χ4n) is 2.98.